The summed E-state index contributed by atoms with van der Waals surface area (Å²) >= 11 is 0. The Bertz CT molecular complexity index is 642. The first kappa shape index (κ1) is 16.2. The Labute approximate surface area is 119 Å². The largest absolute Gasteiger partial charge is 0.482 e. The molecule has 0 heterocycles. The number of nitriles is 1. The minimum atomic E-state index is -4.19. The van der Waals surface area contributed by atoms with Crippen molar-refractivity contribution >= 4 is 25.6 Å². The summed E-state index contributed by atoms with van der Waals surface area (Å²) in [6, 6.07) is 4.58. The Hall–Kier alpha value is -1.85. The van der Waals surface area contributed by atoms with Gasteiger partial charge in [-0.25, -0.2) is 12.8 Å². The number of rotatable bonds is 6. The molecule has 0 bridgehead atoms. The number of carbonyl (C=O) groups is 1. The van der Waals surface area contributed by atoms with E-state index in [2.05, 4.69) is 5.32 Å². The average molecular weight is 321 g/mol. The first-order valence-corrected chi connectivity index (χ1v) is 7.66. The zero-order valence-electron chi connectivity index (χ0n) is 10.1. The van der Waals surface area contributed by atoms with Gasteiger partial charge in [0.2, 0.25) is 0 Å². The zero-order valence-corrected chi connectivity index (χ0v) is 11.7. The lowest BCUT2D eigenvalue weighted by molar-refractivity contribution is -0.123. The van der Waals surface area contributed by atoms with Gasteiger partial charge in [-0.3, -0.25) is 4.79 Å². The zero-order chi connectivity index (χ0) is 15.2. The van der Waals surface area contributed by atoms with Crippen molar-refractivity contribution < 1.29 is 22.3 Å². The quantitative estimate of drug-likeness (QED) is 0.626. The van der Waals surface area contributed by atoms with Gasteiger partial charge < -0.3 is 10.1 Å². The van der Waals surface area contributed by atoms with E-state index in [-0.39, 0.29) is 18.7 Å². The summed E-state index contributed by atoms with van der Waals surface area (Å²) in [4.78, 5) is 10.8. The monoisotopic (exact) mass is 320 g/mol. The van der Waals surface area contributed by atoms with E-state index in [0.717, 1.165) is 12.1 Å². The highest BCUT2D eigenvalue weighted by molar-refractivity contribution is 8.13. The summed E-state index contributed by atoms with van der Waals surface area (Å²) in [5, 5.41) is 10.7. The molecule has 0 aliphatic rings. The molecule has 1 aromatic carbocycles. The number of benzene rings is 1. The molecule has 0 unspecified atom stereocenters. The van der Waals surface area contributed by atoms with Gasteiger partial charge in [-0.2, -0.15) is 5.26 Å². The molecule has 0 fully saturated rings. The lowest BCUT2D eigenvalue weighted by Gasteiger charge is -2.09. The Morgan fingerprint density at radius 2 is 2.20 bits per heavy atom. The van der Waals surface area contributed by atoms with Crippen molar-refractivity contribution in [2.24, 2.45) is 0 Å². The van der Waals surface area contributed by atoms with E-state index in [1.54, 1.807) is 0 Å². The van der Waals surface area contributed by atoms with Gasteiger partial charge in [0, 0.05) is 17.2 Å². The Kier molecular flexibility index (Phi) is 5.73. The summed E-state index contributed by atoms with van der Waals surface area (Å²) in [6.07, 6.45) is 0.142. The van der Waals surface area contributed by atoms with Crippen LogP contribution in [0.2, 0.25) is 0 Å². The van der Waals surface area contributed by atoms with Crippen LogP contribution in [0.15, 0.2) is 23.1 Å². The van der Waals surface area contributed by atoms with E-state index in [1.165, 1.54) is 0 Å². The number of hydrogen-bond donors (Lipinski definition) is 1. The maximum atomic E-state index is 13.0. The number of amides is 1. The summed E-state index contributed by atoms with van der Waals surface area (Å²) < 4.78 is 40.5. The summed E-state index contributed by atoms with van der Waals surface area (Å²) in [5.41, 5.74) is 0. The average Bonchev–Trinajstić information content (AvgIpc) is 2.36. The van der Waals surface area contributed by atoms with E-state index in [4.69, 9.17) is 20.7 Å². The predicted molar refractivity (Wildman–Crippen MR) is 68.2 cm³/mol. The van der Waals surface area contributed by atoms with Crippen molar-refractivity contribution in [2.75, 3.05) is 13.2 Å². The fourth-order valence-corrected chi connectivity index (χ4v) is 2.23. The number of carbonyl (C=O) groups excluding carboxylic acids is 1. The van der Waals surface area contributed by atoms with Crippen LogP contribution in [0.5, 0.6) is 5.75 Å². The Morgan fingerprint density at radius 3 is 2.80 bits per heavy atom. The van der Waals surface area contributed by atoms with Crippen LogP contribution in [0.25, 0.3) is 0 Å². The van der Waals surface area contributed by atoms with Crippen molar-refractivity contribution in [2.45, 2.75) is 11.3 Å². The number of ether oxygens (including phenoxy) is 1. The number of nitrogens with one attached hydrogen (secondary N) is 1. The molecule has 0 saturated carbocycles. The molecule has 9 heteroatoms. The van der Waals surface area contributed by atoms with Gasteiger partial charge in [0.15, 0.2) is 6.61 Å². The molecule has 0 aliphatic carbocycles. The van der Waals surface area contributed by atoms with Crippen molar-refractivity contribution in [3.8, 4) is 11.8 Å². The summed E-state index contributed by atoms with van der Waals surface area (Å²) in [5.74, 6) is -1.56. The number of nitrogens with zero attached hydrogens (tertiary/aromatic N) is 1. The van der Waals surface area contributed by atoms with Crippen LogP contribution < -0.4 is 10.1 Å². The van der Waals surface area contributed by atoms with E-state index in [9.17, 15) is 17.6 Å². The highest BCUT2D eigenvalue weighted by atomic mass is 35.7. The van der Waals surface area contributed by atoms with Gasteiger partial charge in [0.1, 0.15) is 16.5 Å². The minimum absolute atomic E-state index is 0.142. The molecule has 1 rings (SSSR count). The maximum Gasteiger partial charge on any atom is 0.265 e. The van der Waals surface area contributed by atoms with Crippen molar-refractivity contribution in [3.05, 3.63) is 24.0 Å². The molecule has 0 aliphatic heterocycles. The van der Waals surface area contributed by atoms with Crippen LogP contribution in [0, 0.1) is 17.1 Å². The lowest BCUT2D eigenvalue weighted by atomic mass is 10.3. The first-order chi connectivity index (χ1) is 9.34. The Balaban J connectivity index is 2.74. The van der Waals surface area contributed by atoms with Crippen LogP contribution in [0.1, 0.15) is 6.42 Å². The third-order valence-corrected chi connectivity index (χ3v) is 3.43. The van der Waals surface area contributed by atoms with Crippen molar-refractivity contribution in [1.82, 2.24) is 5.32 Å². The third kappa shape index (κ3) is 5.03. The molecule has 6 nitrogen and oxygen atoms in total. The van der Waals surface area contributed by atoms with Crippen LogP contribution in [-0.2, 0) is 13.8 Å². The lowest BCUT2D eigenvalue weighted by Crippen LogP contribution is -2.29. The molecular weight excluding hydrogens is 311 g/mol. The van der Waals surface area contributed by atoms with Gasteiger partial charge in [-0.1, -0.05) is 0 Å². The fourth-order valence-electron chi connectivity index (χ4n) is 1.24. The topological polar surface area (TPSA) is 96.3 Å². The summed E-state index contributed by atoms with van der Waals surface area (Å²) in [7, 11) is 0.950. The minimum Gasteiger partial charge on any atom is -0.482 e. The second-order valence-electron chi connectivity index (χ2n) is 3.58. The van der Waals surface area contributed by atoms with E-state index >= 15 is 0 Å². The molecule has 1 N–H and O–H groups in total. The van der Waals surface area contributed by atoms with Gasteiger partial charge in [-0.15, -0.1) is 0 Å². The van der Waals surface area contributed by atoms with Crippen LogP contribution in [0.4, 0.5) is 4.39 Å². The highest BCUT2D eigenvalue weighted by Crippen LogP contribution is 2.27. The molecule has 1 amide bonds. The van der Waals surface area contributed by atoms with E-state index < -0.39 is 32.3 Å². The normalized spacial score (nSPS) is 10.7. The first-order valence-electron chi connectivity index (χ1n) is 5.35. The molecule has 0 aromatic heterocycles. The second kappa shape index (κ2) is 7.07. The molecule has 0 spiro atoms. The molecule has 108 valence electrons. The number of hydrogen-bond acceptors (Lipinski definition) is 5. The molecule has 20 heavy (non-hydrogen) atoms. The van der Waals surface area contributed by atoms with Gasteiger partial charge in [0.25, 0.3) is 15.0 Å². The van der Waals surface area contributed by atoms with Crippen LogP contribution >= 0.6 is 10.7 Å². The second-order valence-corrected chi connectivity index (χ2v) is 6.11. The highest BCUT2D eigenvalue weighted by Gasteiger charge is 2.18. The molecule has 0 atom stereocenters. The smallest absolute Gasteiger partial charge is 0.265 e. The maximum absolute atomic E-state index is 13.0. The van der Waals surface area contributed by atoms with Crippen molar-refractivity contribution in [1.29, 1.82) is 5.26 Å². The van der Waals surface area contributed by atoms with Crippen LogP contribution in [0.3, 0.4) is 0 Å². The van der Waals surface area contributed by atoms with Crippen LogP contribution in [-0.4, -0.2) is 27.5 Å². The number of halogens is 2. The fraction of sp³-hybridized carbons (Fsp3) is 0.273. The third-order valence-electron chi connectivity index (χ3n) is 2.09. The van der Waals surface area contributed by atoms with E-state index in [0.29, 0.717) is 6.07 Å². The van der Waals surface area contributed by atoms with Gasteiger partial charge >= 0.3 is 0 Å². The molecular formula is C11H10ClFN2O4S. The van der Waals surface area contributed by atoms with E-state index in [1.807, 2.05) is 6.07 Å². The van der Waals surface area contributed by atoms with Gasteiger partial charge in [-0.05, 0) is 18.2 Å². The van der Waals surface area contributed by atoms with Gasteiger partial charge in [0.05, 0.1) is 12.5 Å². The molecule has 1 aromatic rings. The standard InChI is InChI=1S/C11H10ClFN2O4S/c12-20(17,18)10-6-8(13)2-3-9(10)19-7-11(16)15-5-1-4-14/h2-3,6H,1,5,7H2,(H,15,16). The van der Waals surface area contributed by atoms with Crippen molar-refractivity contribution in [3.63, 3.8) is 0 Å². The molecule has 0 saturated heterocycles. The predicted octanol–water partition coefficient (Wildman–Crippen LogP) is 1.16. The SMILES string of the molecule is N#CCCNC(=O)COc1ccc(F)cc1S(=O)(=O)Cl. The Morgan fingerprint density at radius 1 is 1.50 bits per heavy atom. The molecule has 0 radical (unpaired) electrons. The summed E-state index contributed by atoms with van der Waals surface area (Å²) in [6.45, 7) is -0.320.